The molecular weight excluding hydrogens is 438 g/mol. The van der Waals surface area contributed by atoms with Crippen LogP contribution < -0.4 is 0 Å². The summed E-state index contributed by atoms with van der Waals surface area (Å²) in [6.07, 6.45) is 0. The monoisotopic (exact) mass is 455 g/mol. The minimum Gasteiger partial charge on any atom is -0.455 e. The van der Waals surface area contributed by atoms with Crippen molar-refractivity contribution in [1.29, 1.82) is 5.26 Å². The molecule has 0 fully saturated rings. The lowest BCUT2D eigenvalue weighted by Crippen LogP contribution is -1.85. The van der Waals surface area contributed by atoms with Crippen LogP contribution in [0.5, 0.6) is 0 Å². The molecule has 34 heavy (non-hydrogen) atoms. The fourth-order valence-electron chi connectivity index (χ4n) is 4.60. The summed E-state index contributed by atoms with van der Waals surface area (Å²) in [5.74, 6) is 0. The first-order valence-electron chi connectivity index (χ1n) is 11.0. The van der Waals surface area contributed by atoms with Crippen molar-refractivity contribution in [2.45, 2.75) is 0 Å². The second-order valence-electron chi connectivity index (χ2n) is 8.19. The summed E-state index contributed by atoms with van der Waals surface area (Å²) >= 11 is 6.78. The largest absolute Gasteiger partial charge is 0.455 e. The molecule has 1 heterocycles. The Labute approximate surface area is 202 Å². The summed E-state index contributed by atoms with van der Waals surface area (Å²) in [4.78, 5) is 0. The van der Waals surface area contributed by atoms with Gasteiger partial charge in [0.15, 0.2) is 0 Å². The van der Waals surface area contributed by atoms with Crippen molar-refractivity contribution >= 4 is 33.5 Å². The van der Waals surface area contributed by atoms with Crippen molar-refractivity contribution in [3.63, 3.8) is 0 Å². The normalized spacial score (nSPS) is 11.1. The molecule has 0 aliphatic carbocycles. The van der Waals surface area contributed by atoms with Crippen LogP contribution in [0, 0.1) is 11.3 Å². The van der Waals surface area contributed by atoms with E-state index >= 15 is 0 Å². The highest BCUT2D eigenvalue weighted by Crippen LogP contribution is 2.45. The predicted octanol–water partition coefficient (Wildman–Crippen LogP) is 9.11. The minimum atomic E-state index is 0.597. The van der Waals surface area contributed by atoms with Crippen LogP contribution >= 0.6 is 11.6 Å². The van der Waals surface area contributed by atoms with E-state index in [1.807, 2.05) is 72.8 Å². The Morgan fingerprint density at radius 1 is 0.588 bits per heavy atom. The van der Waals surface area contributed by atoms with E-state index in [1.165, 1.54) is 0 Å². The first kappa shape index (κ1) is 20.3. The van der Waals surface area contributed by atoms with Crippen LogP contribution in [-0.2, 0) is 0 Å². The second kappa shape index (κ2) is 8.23. The predicted molar refractivity (Wildman–Crippen MR) is 140 cm³/mol. The molecule has 5 aromatic carbocycles. The number of benzene rings is 5. The SMILES string of the molecule is N#Cc1ccccc1-c1ccc(Cl)c2c1oc1c(-c3ccccc3)cc(-c3ccccc3)cc12. The number of rotatable bonds is 3. The van der Waals surface area contributed by atoms with Crippen LogP contribution in [0.25, 0.3) is 55.3 Å². The molecular formula is C31H18ClNO. The topological polar surface area (TPSA) is 36.9 Å². The van der Waals surface area contributed by atoms with Gasteiger partial charge in [-0.2, -0.15) is 5.26 Å². The smallest absolute Gasteiger partial charge is 0.144 e. The molecule has 0 N–H and O–H groups in total. The van der Waals surface area contributed by atoms with Crippen LogP contribution in [0.3, 0.4) is 0 Å². The highest BCUT2D eigenvalue weighted by Gasteiger charge is 2.20. The summed E-state index contributed by atoms with van der Waals surface area (Å²) in [5.41, 5.74) is 8.04. The van der Waals surface area contributed by atoms with E-state index in [0.717, 1.165) is 49.7 Å². The third kappa shape index (κ3) is 3.27. The molecule has 0 atom stereocenters. The van der Waals surface area contributed by atoms with Crippen molar-refractivity contribution in [2.75, 3.05) is 0 Å². The molecule has 0 saturated carbocycles. The average molecular weight is 456 g/mol. The highest BCUT2D eigenvalue weighted by atomic mass is 35.5. The zero-order chi connectivity index (χ0) is 23.1. The number of nitrogens with zero attached hydrogens (tertiary/aromatic N) is 1. The standard InChI is InChI=1S/C31H18ClNO/c32-28-16-15-25(24-14-8-7-13-22(24)19-33)31-29(28)27-18-23(20-9-3-1-4-10-20)17-26(30(27)34-31)21-11-5-2-6-12-21/h1-18H. The Morgan fingerprint density at radius 3 is 2.00 bits per heavy atom. The van der Waals surface area contributed by atoms with E-state index in [1.54, 1.807) is 0 Å². The molecule has 2 nitrogen and oxygen atoms in total. The van der Waals surface area contributed by atoms with Crippen LogP contribution in [0.2, 0.25) is 5.02 Å². The zero-order valence-electron chi connectivity index (χ0n) is 18.1. The molecule has 6 rings (SSSR count). The Morgan fingerprint density at radius 2 is 1.26 bits per heavy atom. The summed E-state index contributed by atoms with van der Waals surface area (Å²) in [6, 6.07) is 38.6. The number of fused-ring (bicyclic) bond motifs is 3. The van der Waals surface area contributed by atoms with E-state index in [2.05, 4.69) is 42.5 Å². The third-order valence-corrected chi connectivity index (χ3v) is 6.51. The fourth-order valence-corrected chi connectivity index (χ4v) is 4.85. The molecule has 160 valence electrons. The average Bonchev–Trinajstić information content (AvgIpc) is 3.30. The van der Waals surface area contributed by atoms with Gasteiger partial charge in [0.05, 0.1) is 16.7 Å². The van der Waals surface area contributed by atoms with Gasteiger partial charge < -0.3 is 4.42 Å². The van der Waals surface area contributed by atoms with E-state index < -0.39 is 0 Å². The van der Waals surface area contributed by atoms with Crippen molar-refractivity contribution in [2.24, 2.45) is 0 Å². The quantitative estimate of drug-likeness (QED) is 0.267. The van der Waals surface area contributed by atoms with Gasteiger partial charge in [0.1, 0.15) is 11.2 Å². The van der Waals surface area contributed by atoms with E-state index in [-0.39, 0.29) is 0 Å². The van der Waals surface area contributed by atoms with Gasteiger partial charge in [0.25, 0.3) is 0 Å². The molecule has 0 unspecified atom stereocenters. The van der Waals surface area contributed by atoms with Crippen molar-refractivity contribution in [3.8, 4) is 39.4 Å². The van der Waals surface area contributed by atoms with Crippen LogP contribution in [0.4, 0.5) is 0 Å². The molecule has 3 heteroatoms. The number of hydrogen-bond acceptors (Lipinski definition) is 2. The summed E-state index contributed by atoms with van der Waals surface area (Å²) in [5, 5.41) is 12.1. The van der Waals surface area contributed by atoms with E-state index in [9.17, 15) is 5.26 Å². The first-order chi connectivity index (χ1) is 16.7. The molecule has 0 aliphatic heterocycles. The lowest BCUT2D eigenvalue weighted by molar-refractivity contribution is 0.671. The Hall–Kier alpha value is -4.32. The zero-order valence-corrected chi connectivity index (χ0v) is 18.9. The van der Waals surface area contributed by atoms with Gasteiger partial charge in [-0.3, -0.25) is 0 Å². The molecule has 0 saturated heterocycles. The third-order valence-electron chi connectivity index (χ3n) is 6.20. The number of nitriles is 1. The van der Waals surface area contributed by atoms with Crippen LogP contribution in [0.15, 0.2) is 114 Å². The van der Waals surface area contributed by atoms with Gasteiger partial charge in [0, 0.05) is 27.5 Å². The van der Waals surface area contributed by atoms with E-state index in [0.29, 0.717) is 16.2 Å². The summed E-state index contributed by atoms with van der Waals surface area (Å²) < 4.78 is 6.60. The number of furan rings is 1. The summed E-state index contributed by atoms with van der Waals surface area (Å²) in [7, 11) is 0. The number of hydrogen-bond donors (Lipinski definition) is 0. The Bertz CT molecular complexity index is 1710. The first-order valence-corrected chi connectivity index (χ1v) is 11.4. The van der Waals surface area contributed by atoms with Crippen molar-refractivity contribution in [3.05, 3.63) is 120 Å². The van der Waals surface area contributed by atoms with Crippen molar-refractivity contribution in [1.82, 2.24) is 0 Å². The van der Waals surface area contributed by atoms with Gasteiger partial charge >= 0.3 is 0 Å². The minimum absolute atomic E-state index is 0.597. The maximum absolute atomic E-state index is 9.69. The molecule has 0 bridgehead atoms. The van der Waals surface area contributed by atoms with Gasteiger partial charge in [-0.25, -0.2) is 0 Å². The second-order valence-corrected chi connectivity index (χ2v) is 8.60. The van der Waals surface area contributed by atoms with Gasteiger partial charge in [-0.05, 0) is 47.0 Å². The lowest BCUT2D eigenvalue weighted by atomic mass is 9.94. The van der Waals surface area contributed by atoms with Gasteiger partial charge in [-0.1, -0.05) is 90.5 Å². The maximum Gasteiger partial charge on any atom is 0.144 e. The molecule has 1 aromatic heterocycles. The molecule has 6 aromatic rings. The van der Waals surface area contributed by atoms with Gasteiger partial charge in [0.2, 0.25) is 0 Å². The Kier molecular flexibility index (Phi) is 4.91. The van der Waals surface area contributed by atoms with Crippen LogP contribution in [-0.4, -0.2) is 0 Å². The number of halogens is 1. The van der Waals surface area contributed by atoms with Gasteiger partial charge in [-0.15, -0.1) is 0 Å². The fraction of sp³-hybridized carbons (Fsp3) is 0. The summed E-state index contributed by atoms with van der Waals surface area (Å²) in [6.45, 7) is 0. The Balaban J connectivity index is 1.75. The van der Waals surface area contributed by atoms with E-state index in [4.69, 9.17) is 16.0 Å². The highest BCUT2D eigenvalue weighted by molar-refractivity contribution is 6.38. The molecule has 0 spiro atoms. The molecule has 0 radical (unpaired) electrons. The van der Waals surface area contributed by atoms with Crippen molar-refractivity contribution < 1.29 is 4.42 Å². The molecule has 0 amide bonds. The maximum atomic E-state index is 9.69. The van der Waals surface area contributed by atoms with Crippen LogP contribution in [0.1, 0.15) is 5.56 Å². The lowest BCUT2D eigenvalue weighted by Gasteiger charge is -2.08. The molecule has 0 aliphatic rings.